The molecule has 34 heavy (non-hydrogen) atoms. The molecule has 0 bridgehead atoms. The largest absolute Gasteiger partial charge is 0.497 e. The summed E-state index contributed by atoms with van der Waals surface area (Å²) in [5.74, 6) is 1.65. The summed E-state index contributed by atoms with van der Waals surface area (Å²) in [6.07, 6.45) is 2.57. The third kappa shape index (κ3) is 5.63. The third-order valence-corrected chi connectivity index (χ3v) is 6.21. The number of carbonyl (C=O) groups is 1. The lowest BCUT2D eigenvalue weighted by Crippen LogP contribution is -2.23. The maximum atomic E-state index is 13.2. The molecule has 2 aromatic heterocycles. The Balaban J connectivity index is 1.52. The first kappa shape index (κ1) is 23.5. The van der Waals surface area contributed by atoms with Gasteiger partial charge in [0, 0.05) is 18.5 Å². The summed E-state index contributed by atoms with van der Waals surface area (Å²) in [7, 11) is 1.60. The molecule has 0 aliphatic carbocycles. The van der Waals surface area contributed by atoms with Crippen molar-refractivity contribution in [1.29, 1.82) is 0 Å². The first-order valence-electron chi connectivity index (χ1n) is 10.9. The van der Waals surface area contributed by atoms with Crippen molar-refractivity contribution in [2.24, 2.45) is 5.73 Å². The van der Waals surface area contributed by atoms with Gasteiger partial charge in [0.15, 0.2) is 5.16 Å². The van der Waals surface area contributed by atoms with E-state index in [1.165, 1.54) is 11.8 Å². The van der Waals surface area contributed by atoms with Crippen LogP contribution in [0.3, 0.4) is 0 Å². The number of nitrogens with zero attached hydrogens (tertiary/aromatic N) is 4. The van der Waals surface area contributed by atoms with E-state index in [2.05, 4.69) is 10.1 Å². The number of hydrogen-bond donors (Lipinski definition) is 1. The molecule has 10 heteroatoms. The van der Waals surface area contributed by atoms with Crippen LogP contribution >= 0.6 is 11.8 Å². The van der Waals surface area contributed by atoms with Crippen LogP contribution in [0.25, 0.3) is 22.3 Å². The van der Waals surface area contributed by atoms with Crippen LogP contribution in [0.5, 0.6) is 5.75 Å². The maximum absolute atomic E-state index is 13.2. The van der Waals surface area contributed by atoms with Crippen LogP contribution in [0.1, 0.15) is 31.6 Å². The highest BCUT2D eigenvalue weighted by Crippen LogP contribution is 2.25. The average molecular weight is 480 g/mol. The second-order valence-electron chi connectivity index (χ2n) is 7.68. The number of unbranched alkanes of at least 4 members (excludes halogenated alkanes) is 2. The van der Waals surface area contributed by atoms with Gasteiger partial charge in [-0.3, -0.25) is 14.2 Å². The van der Waals surface area contributed by atoms with Crippen molar-refractivity contribution in [1.82, 2.24) is 19.7 Å². The van der Waals surface area contributed by atoms with E-state index in [-0.39, 0.29) is 11.5 Å². The van der Waals surface area contributed by atoms with Gasteiger partial charge in [0.2, 0.25) is 17.6 Å². The number of benzene rings is 2. The summed E-state index contributed by atoms with van der Waals surface area (Å²) in [6.45, 7) is 0.497. The van der Waals surface area contributed by atoms with Crippen LogP contribution in [0.4, 0.5) is 0 Å². The number of thioether (sulfide) groups is 1. The normalized spacial score (nSPS) is 11.1. The fourth-order valence-corrected chi connectivity index (χ4v) is 4.38. The van der Waals surface area contributed by atoms with Crippen molar-refractivity contribution in [3.8, 4) is 17.1 Å². The predicted octanol–water partition coefficient (Wildman–Crippen LogP) is 3.79. The summed E-state index contributed by atoms with van der Waals surface area (Å²) in [5, 5.41) is 5.22. The van der Waals surface area contributed by atoms with Crippen LogP contribution in [0.2, 0.25) is 0 Å². The summed E-state index contributed by atoms with van der Waals surface area (Å²) < 4.78 is 12.4. The number of rotatable bonds is 11. The molecule has 2 heterocycles. The number of carbonyl (C=O) groups excluding carboxylic acids is 1. The Bertz CT molecular complexity index is 1350. The second-order valence-corrected chi connectivity index (χ2v) is 8.62. The van der Waals surface area contributed by atoms with Crippen molar-refractivity contribution in [3.63, 3.8) is 0 Å². The van der Waals surface area contributed by atoms with Gasteiger partial charge in [-0.15, -0.1) is 0 Å². The quantitative estimate of drug-likeness (QED) is 0.196. The lowest BCUT2D eigenvalue weighted by Gasteiger charge is -2.12. The van der Waals surface area contributed by atoms with Crippen molar-refractivity contribution >= 4 is 28.6 Å². The van der Waals surface area contributed by atoms with Gasteiger partial charge in [-0.05, 0) is 37.1 Å². The number of primary amides is 1. The molecule has 2 N–H and O–H groups in total. The van der Waals surface area contributed by atoms with E-state index in [4.69, 9.17) is 20.0 Å². The Morgan fingerprint density at radius 3 is 2.79 bits per heavy atom. The fourth-order valence-electron chi connectivity index (χ4n) is 3.52. The summed E-state index contributed by atoms with van der Waals surface area (Å²) >= 11 is 1.37. The van der Waals surface area contributed by atoms with Crippen molar-refractivity contribution in [2.75, 3.05) is 7.11 Å². The molecule has 4 rings (SSSR count). The Labute approximate surface area is 200 Å². The molecule has 0 unspecified atom stereocenters. The molecule has 0 saturated heterocycles. The molecular formula is C24H25N5O4S. The van der Waals surface area contributed by atoms with Gasteiger partial charge in [0.25, 0.3) is 5.56 Å². The lowest BCUT2D eigenvalue weighted by atomic mass is 10.2. The Hall–Kier alpha value is -3.66. The zero-order valence-electron chi connectivity index (χ0n) is 18.8. The monoisotopic (exact) mass is 479 g/mol. The number of fused-ring (bicyclic) bond motifs is 1. The minimum atomic E-state index is -0.311. The number of methoxy groups -OCH3 is 1. The van der Waals surface area contributed by atoms with E-state index >= 15 is 0 Å². The second kappa shape index (κ2) is 11.0. The summed E-state index contributed by atoms with van der Waals surface area (Å²) in [4.78, 5) is 33.3. The molecule has 0 spiro atoms. The van der Waals surface area contributed by atoms with E-state index in [0.717, 1.165) is 18.4 Å². The molecule has 1 amide bonds. The van der Waals surface area contributed by atoms with Gasteiger partial charge in [0.1, 0.15) is 5.75 Å². The average Bonchev–Trinajstić information content (AvgIpc) is 3.33. The highest BCUT2D eigenvalue weighted by molar-refractivity contribution is 7.98. The summed E-state index contributed by atoms with van der Waals surface area (Å²) in [6, 6.07) is 14.7. The number of aromatic nitrogens is 4. The molecule has 0 aliphatic heterocycles. The van der Waals surface area contributed by atoms with Gasteiger partial charge >= 0.3 is 0 Å². The van der Waals surface area contributed by atoms with Crippen molar-refractivity contribution in [2.45, 2.75) is 43.1 Å². The molecule has 4 aromatic rings. The van der Waals surface area contributed by atoms with Crippen LogP contribution in [0.15, 0.2) is 63.0 Å². The van der Waals surface area contributed by atoms with Crippen molar-refractivity contribution < 1.29 is 14.1 Å². The van der Waals surface area contributed by atoms with Gasteiger partial charge in [-0.1, -0.05) is 47.6 Å². The molecule has 0 fully saturated rings. The number of para-hydroxylation sites is 1. The number of amides is 1. The first-order chi connectivity index (χ1) is 16.5. The molecular weight excluding hydrogens is 454 g/mol. The molecule has 0 saturated carbocycles. The smallest absolute Gasteiger partial charge is 0.262 e. The van der Waals surface area contributed by atoms with Gasteiger partial charge in [-0.25, -0.2) is 4.98 Å². The molecule has 176 valence electrons. The number of hydrogen-bond acceptors (Lipinski definition) is 8. The fraction of sp³-hybridized carbons (Fsp3) is 0.292. The molecule has 0 radical (unpaired) electrons. The zero-order valence-corrected chi connectivity index (χ0v) is 19.6. The van der Waals surface area contributed by atoms with E-state index < -0.39 is 0 Å². The standard InChI is InChI=1S/C24H25N5O4S/c1-32-17-9-7-8-16(14-17)22-27-21(33-28-22)15-34-24-26-19-11-5-4-10-18(19)23(31)29(24)13-6-2-3-12-20(25)30/h4-5,7-11,14H,2-3,6,12-13,15H2,1H3,(H2,25,30). The topological polar surface area (TPSA) is 126 Å². The zero-order chi connectivity index (χ0) is 23.9. The van der Waals surface area contributed by atoms with Gasteiger partial charge in [0.05, 0.1) is 23.8 Å². The molecule has 2 aromatic carbocycles. The van der Waals surface area contributed by atoms with Crippen molar-refractivity contribution in [3.05, 3.63) is 64.8 Å². The minimum absolute atomic E-state index is 0.0920. The van der Waals surface area contributed by atoms with Crippen LogP contribution < -0.4 is 16.0 Å². The SMILES string of the molecule is COc1cccc(-c2noc(CSc3nc4ccccc4c(=O)n3CCCCCC(N)=O)n2)c1. The highest BCUT2D eigenvalue weighted by Gasteiger charge is 2.15. The Kier molecular flexibility index (Phi) is 7.58. The Morgan fingerprint density at radius 1 is 1.12 bits per heavy atom. The number of ether oxygens (including phenoxy) is 1. The molecule has 0 atom stereocenters. The molecule has 9 nitrogen and oxygen atoms in total. The van der Waals surface area contributed by atoms with E-state index in [9.17, 15) is 9.59 Å². The third-order valence-electron chi connectivity index (χ3n) is 5.25. The van der Waals surface area contributed by atoms with Crippen LogP contribution in [-0.2, 0) is 17.1 Å². The highest BCUT2D eigenvalue weighted by atomic mass is 32.2. The predicted molar refractivity (Wildman–Crippen MR) is 130 cm³/mol. The number of nitrogens with two attached hydrogens (primary N) is 1. The van der Waals surface area contributed by atoms with Crippen LogP contribution in [-0.4, -0.2) is 32.7 Å². The minimum Gasteiger partial charge on any atom is -0.497 e. The van der Waals surface area contributed by atoms with Crippen LogP contribution in [0, 0.1) is 0 Å². The van der Waals surface area contributed by atoms with Gasteiger partial charge < -0.3 is 15.0 Å². The van der Waals surface area contributed by atoms with Gasteiger partial charge in [-0.2, -0.15) is 4.98 Å². The summed E-state index contributed by atoms with van der Waals surface area (Å²) in [5.41, 5.74) is 6.55. The van der Waals surface area contributed by atoms with E-state index in [1.807, 2.05) is 42.5 Å². The van der Waals surface area contributed by atoms with E-state index in [1.54, 1.807) is 17.7 Å². The molecule has 0 aliphatic rings. The van der Waals surface area contributed by atoms with E-state index in [0.29, 0.717) is 58.7 Å². The first-order valence-corrected chi connectivity index (χ1v) is 11.9. The Morgan fingerprint density at radius 2 is 1.97 bits per heavy atom. The lowest BCUT2D eigenvalue weighted by molar-refractivity contribution is -0.118. The maximum Gasteiger partial charge on any atom is 0.262 e.